The van der Waals surface area contributed by atoms with Gasteiger partial charge in [-0.05, 0) is 24.3 Å². The summed E-state index contributed by atoms with van der Waals surface area (Å²) in [5.41, 5.74) is 2.24. The van der Waals surface area contributed by atoms with Gasteiger partial charge in [-0.2, -0.15) is 0 Å². The number of nitrogens with one attached hydrogen (secondary N) is 1. The number of hydrogen-bond acceptors (Lipinski definition) is 13. The maximum absolute atomic E-state index is 8.52. The van der Waals surface area contributed by atoms with Crippen molar-refractivity contribution in [2.45, 2.75) is 0 Å². The molecule has 0 fully saturated rings. The smallest absolute Gasteiger partial charge is 0.759 e. The van der Waals surface area contributed by atoms with Crippen molar-refractivity contribution in [3.8, 4) is 0 Å². The van der Waals surface area contributed by atoms with Gasteiger partial charge in [0.05, 0.1) is 0 Å². The van der Waals surface area contributed by atoms with Gasteiger partial charge in [-0.3, -0.25) is 25.3 Å². The minimum absolute atomic E-state index is 0. The average molecular weight is 875 g/mol. The van der Waals surface area contributed by atoms with Crippen LogP contribution in [0.5, 0.6) is 0 Å². The van der Waals surface area contributed by atoms with E-state index < -0.39 is 31.2 Å². The second-order valence-electron chi connectivity index (χ2n) is 4.08. The molecule has 0 heterocycles. The molecule has 30 heavy (non-hydrogen) atoms. The van der Waals surface area contributed by atoms with Crippen LogP contribution in [0.25, 0.3) is 0 Å². The second-order valence-corrected chi connectivity index (χ2v) is 6.53. The van der Waals surface area contributed by atoms with Crippen LogP contribution in [0.3, 0.4) is 0 Å². The van der Waals surface area contributed by atoms with Gasteiger partial charge in [0.1, 0.15) is 0 Å². The van der Waals surface area contributed by atoms with Gasteiger partial charge < -0.3 is 32.6 Å². The van der Waals surface area contributed by atoms with E-state index in [0.29, 0.717) is 0 Å². The van der Waals surface area contributed by atoms with Crippen LogP contribution in [-0.4, -0.2) is 105 Å². The van der Waals surface area contributed by atoms with E-state index in [9.17, 15) is 0 Å². The Balaban J connectivity index is -0.000000169. The largest absolute Gasteiger partial charge is 3.00 e. The monoisotopic (exact) mass is 875 g/mol. The van der Waals surface area contributed by atoms with E-state index in [1.54, 1.807) is 0 Å². The summed E-state index contributed by atoms with van der Waals surface area (Å²) in [7, 11) is -15.5. The zero-order chi connectivity index (χ0) is 22.4. The van der Waals surface area contributed by atoms with Crippen LogP contribution in [0.2, 0.25) is 0 Å². The van der Waals surface area contributed by atoms with Crippen molar-refractivity contribution in [3.05, 3.63) is 60.7 Å². The maximum atomic E-state index is 8.52. The molecule has 13 nitrogen and oxygen atoms in total. The Hall–Kier alpha value is -0.384. The third-order valence-electron chi connectivity index (χ3n) is 1.84. The number of hydrogen-bond donors (Lipinski definition) is 1. The first-order valence-corrected chi connectivity index (χ1v) is 10.3. The van der Waals surface area contributed by atoms with Crippen LogP contribution in [0.15, 0.2) is 60.7 Å². The van der Waals surface area contributed by atoms with Gasteiger partial charge in [-0.15, -0.1) is 0 Å². The standard InChI is InChI=1S/C12H11N.2Bi.3H2O4S/c1-3-7-11(8-4-1)13-12-9-5-2-6-10-12;;;3*1-5(2,3)4/h1-10,13H;;;3*(H2,1,2,3,4)/q;2*+3;;;/p-6. The molecule has 2 aromatic rings. The van der Waals surface area contributed by atoms with Crippen LogP contribution in [0.4, 0.5) is 11.4 Å². The van der Waals surface area contributed by atoms with Crippen molar-refractivity contribution >= 4 is 95.0 Å². The molecule has 0 aliphatic heterocycles. The summed E-state index contributed by atoms with van der Waals surface area (Å²) in [5, 5.41) is 3.30. The molecule has 0 saturated heterocycles. The van der Waals surface area contributed by atoms with E-state index in [-0.39, 0.29) is 52.4 Å². The first kappa shape index (κ1) is 37.0. The van der Waals surface area contributed by atoms with Crippen molar-refractivity contribution in [1.82, 2.24) is 0 Å². The summed E-state index contributed by atoms with van der Waals surface area (Å²) >= 11 is 0. The number of benzene rings is 2. The van der Waals surface area contributed by atoms with E-state index >= 15 is 0 Å². The van der Waals surface area contributed by atoms with Gasteiger partial charge in [0.2, 0.25) is 0 Å². The van der Waals surface area contributed by atoms with E-state index in [4.69, 9.17) is 52.6 Å². The Labute approximate surface area is 211 Å². The Kier molecular flexibility index (Phi) is 22.4. The molecule has 164 valence electrons. The molecule has 2 rings (SSSR count). The molecule has 0 amide bonds. The summed E-state index contributed by atoms with van der Waals surface area (Å²) in [4.78, 5) is 0. The molecule has 0 aromatic heterocycles. The normalized spacial score (nSPS) is 9.93. The van der Waals surface area contributed by atoms with E-state index in [1.165, 1.54) is 0 Å². The minimum Gasteiger partial charge on any atom is -0.759 e. The third-order valence-corrected chi connectivity index (χ3v) is 1.84. The fourth-order valence-corrected chi connectivity index (χ4v) is 1.21. The van der Waals surface area contributed by atoms with Gasteiger partial charge in [-0.1, -0.05) is 36.4 Å². The predicted octanol–water partition coefficient (Wildman–Crippen LogP) is -1.35. The van der Waals surface area contributed by atoms with Crippen LogP contribution in [0, 0.1) is 0 Å². The Bertz CT molecular complexity index is 852. The zero-order valence-electron chi connectivity index (χ0n) is 14.3. The molecule has 0 bridgehead atoms. The first-order chi connectivity index (χ1) is 12.4. The molecule has 18 heteroatoms. The molecular formula is C12H11Bi2NO12S3. The van der Waals surface area contributed by atoms with Crippen molar-refractivity contribution in [2.75, 3.05) is 5.32 Å². The van der Waals surface area contributed by atoms with Crippen molar-refractivity contribution < 1.29 is 52.6 Å². The predicted molar refractivity (Wildman–Crippen MR) is 99.1 cm³/mol. The first-order valence-electron chi connectivity index (χ1n) is 6.32. The van der Waals surface area contributed by atoms with Crippen molar-refractivity contribution in [1.29, 1.82) is 0 Å². The molecule has 4 radical (unpaired) electrons. The summed E-state index contributed by atoms with van der Waals surface area (Å²) in [6.45, 7) is 0. The fourth-order valence-electron chi connectivity index (χ4n) is 1.21. The summed E-state index contributed by atoms with van der Waals surface area (Å²) < 4.78 is 102. The maximum Gasteiger partial charge on any atom is 3.00 e. The minimum atomic E-state index is -5.17. The van der Waals surface area contributed by atoms with Crippen LogP contribution >= 0.6 is 0 Å². The number of anilines is 2. The van der Waals surface area contributed by atoms with Gasteiger partial charge in [0, 0.05) is 42.6 Å². The van der Waals surface area contributed by atoms with Gasteiger partial charge in [-0.25, -0.2) is 0 Å². The van der Waals surface area contributed by atoms with E-state index in [0.717, 1.165) is 11.4 Å². The molecule has 0 aliphatic rings. The van der Waals surface area contributed by atoms with Crippen molar-refractivity contribution in [2.24, 2.45) is 0 Å². The Morgan fingerprint density at radius 3 is 0.800 bits per heavy atom. The fraction of sp³-hybridized carbons (Fsp3) is 0. The average Bonchev–Trinajstić information content (AvgIpc) is 2.44. The SMILES string of the molecule is O=S(=O)([O-])[O-].O=S(=O)([O-])[O-].O=S(=O)([O-])[O-].[Bi+3].[Bi+3].c1ccc(Nc2ccccc2)cc1. The Morgan fingerprint density at radius 2 is 0.633 bits per heavy atom. The summed E-state index contributed by atoms with van der Waals surface area (Å²) in [6, 6.07) is 20.3. The van der Waals surface area contributed by atoms with Crippen molar-refractivity contribution in [3.63, 3.8) is 0 Å². The van der Waals surface area contributed by atoms with E-state index in [1.807, 2.05) is 60.7 Å². The van der Waals surface area contributed by atoms with Gasteiger partial charge >= 0.3 is 52.4 Å². The Morgan fingerprint density at radius 1 is 0.467 bits per heavy atom. The quantitative estimate of drug-likeness (QED) is 0.209. The summed E-state index contributed by atoms with van der Waals surface area (Å²) in [6.07, 6.45) is 0. The number of para-hydroxylation sites is 2. The number of rotatable bonds is 2. The third kappa shape index (κ3) is 50.8. The second kappa shape index (κ2) is 18.2. The molecular weight excluding hydrogens is 864 g/mol. The van der Waals surface area contributed by atoms with E-state index in [2.05, 4.69) is 5.32 Å². The molecule has 0 saturated carbocycles. The molecule has 0 aliphatic carbocycles. The zero-order valence-corrected chi connectivity index (χ0v) is 23.7. The molecule has 2 aromatic carbocycles. The van der Waals surface area contributed by atoms with Crippen LogP contribution in [0.1, 0.15) is 0 Å². The summed E-state index contributed by atoms with van der Waals surface area (Å²) in [5.74, 6) is 0. The van der Waals surface area contributed by atoms with Crippen LogP contribution < -0.4 is 5.32 Å². The van der Waals surface area contributed by atoms with Crippen LogP contribution in [-0.2, 0) is 31.2 Å². The van der Waals surface area contributed by atoms with Gasteiger partial charge in [0.15, 0.2) is 0 Å². The molecule has 0 atom stereocenters. The molecule has 0 unspecified atom stereocenters. The topological polar surface area (TPSA) is 253 Å². The van der Waals surface area contributed by atoms with Gasteiger partial charge in [0.25, 0.3) is 0 Å². The molecule has 0 spiro atoms. The molecule has 1 N–H and O–H groups in total.